The second kappa shape index (κ2) is 9.01. The van der Waals surface area contributed by atoms with Gasteiger partial charge in [0, 0.05) is 0 Å². The molecule has 0 bridgehead atoms. The lowest BCUT2D eigenvalue weighted by Gasteiger charge is -2.53. The van der Waals surface area contributed by atoms with Crippen LogP contribution in [0.3, 0.4) is 0 Å². The summed E-state index contributed by atoms with van der Waals surface area (Å²) in [6.45, 7) is 5.31. The average Bonchev–Trinajstić information content (AvgIpc) is 2.72. The Kier molecular flexibility index (Phi) is 6.84. The zero-order chi connectivity index (χ0) is 19.5. The van der Waals surface area contributed by atoms with E-state index in [4.69, 9.17) is 0 Å². The van der Waals surface area contributed by atoms with Crippen molar-refractivity contribution in [2.75, 3.05) is 0 Å². The van der Waals surface area contributed by atoms with Gasteiger partial charge in [0.1, 0.15) is 0 Å². The van der Waals surface area contributed by atoms with Gasteiger partial charge in [-0.3, -0.25) is 0 Å². The summed E-state index contributed by atoms with van der Waals surface area (Å²) in [6.07, 6.45) is 32.3. The molecule has 162 valence electrons. The lowest BCUT2D eigenvalue weighted by atomic mass is 9.52. The first-order valence-electron chi connectivity index (χ1n) is 13.5. The van der Waals surface area contributed by atoms with Gasteiger partial charge in [0.15, 0.2) is 0 Å². The molecule has 2 atom stereocenters. The number of fused-ring (bicyclic) bond motifs is 1. The lowest BCUT2D eigenvalue weighted by Crippen LogP contribution is -2.42. The molecule has 0 amide bonds. The Balaban J connectivity index is 1.48. The molecule has 4 aliphatic carbocycles. The van der Waals surface area contributed by atoms with Gasteiger partial charge in [-0.15, -0.1) is 0 Å². The fraction of sp³-hybridized carbons (Fsp3) is 1.00. The predicted molar refractivity (Wildman–Crippen MR) is 123 cm³/mol. The normalized spacial score (nSPS) is 34.5. The topological polar surface area (TPSA) is 0 Å². The fourth-order valence-corrected chi connectivity index (χ4v) is 8.42. The van der Waals surface area contributed by atoms with Crippen molar-refractivity contribution in [3.8, 4) is 0 Å². The van der Waals surface area contributed by atoms with E-state index in [-0.39, 0.29) is 0 Å². The molecule has 4 saturated carbocycles. The van der Waals surface area contributed by atoms with Crippen molar-refractivity contribution < 1.29 is 0 Å². The Morgan fingerprint density at radius 3 is 1.57 bits per heavy atom. The van der Waals surface area contributed by atoms with Gasteiger partial charge in [-0.25, -0.2) is 0 Å². The predicted octanol–water partition coefficient (Wildman–Crippen LogP) is 9.46. The molecule has 28 heavy (non-hydrogen) atoms. The Morgan fingerprint density at radius 2 is 1.00 bits per heavy atom. The second-order valence-electron chi connectivity index (χ2n) is 12.6. The molecule has 4 fully saturated rings. The minimum Gasteiger partial charge on any atom is -0.0596 e. The van der Waals surface area contributed by atoms with Crippen LogP contribution in [0.5, 0.6) is 0 Å². The van der Waals surface area contributed by atoms with Crippen LogP contribution in [0.4, 0.5) is 0 Å². The highest BCUT2D eigenvalue weighted by atomic mass is 14.5. The van der Waals surface area contributed by atoms with Crippen LogP contribution in [0, 0.1) is 28.1 Å². The van der Waals surface area contributed by atoms with Crippen molar-refractivity contribution in [2.24, 2.45) is 28.1 Å². The summed E-state index contributed by atoms with van der Waals surface area (Å²) < 4.78 is 0. The molecule has 0 radical (unpaired) electrons. The van der Waals surface area contributed by atoms with Gasteiger partial charge >= 0.3 is 0 Å². The van der Waals surface area contributed by atoms with E-state index < -0.39 is 0 Å². The monoisotopic (exact) mass is 386 g/mol. The van der Waals surface area contributed by atoms with Crippen LogP contribution in [0.25, 0.3) is 0 Å². The van der Waals surface area contributed by atoms with Crippen molar-refractivity contribution in [1.82, 2.24) is 0 Å². The minimum absolute atomic E-state index is 0.682. The van der Waals surface area contributed by atoms with Crippen molar-refractivity contribution in [2.45, 2.75) is 149 Å². The molecule has 0 aromatic rings. The third-order valence-electron chi connectivity index (χ3n) is 10.5. The summed E-state index contributed by atoms with van der Waals surface area (Å²) in [5, 5.41) is 0. The Labute approximate surface area is 177 Å². The average molecular weight is 387 g/mol. The number of hydrogen-bond acceptors (Lipinski definition) is 0. The van der Waals surface area contributed by atoms with Crippen LogP contribution in [0.15, 0.2) is 0 Å². The van der Waals surface area contributed by atoms with E-state index in [2.05, 4.69) is 13.8 Å². The molecule has 4 aliphatic rings. The summed E-state index contributed by atoms with van der Waals surface area (Å²) in [5.41, 5.74) is 2.09. The van der Waals surface area contributed by atoms with Gasteiger partial charge in [0.2, 0.25) is 0 Å². The first kappa shape index (κ1) is 21.2. The van der Waals surface area contributed by atoms with E-state index in [9.17, 15) is 0 Å². The summed E-state index contributed by atoms with van der Waals surface area (Å²) in [6, 6.07) is 0. The summed E-state index contributed by atoms with van der Waals surface area (Å²) in [4.78, 5) is 0. The lowest BCUT2D eigenvalue weighted by molar-refractivity contribution is -0.0255. The molecule has 2 unspecified atom stereocenters. The van der Waals surface area contributed by atoms with Gasteiger partial charge in [0.05, 0.1) is 0 Å². The molecule has 0 N–H and O–H groups in total. The third-order valence-corrected chi connectivity index (χ3v) is 10.5. The standard InChI is InChI=1S/C28H50/c1-26(15-7-3-8-16-26)20-22-28(23-21-27(2)17-9-4-10-18-27)19-11-13-24-12-5-6-14-25(24)28/h24-25H,3-23H2,1-2H3. The molecule has 4 rings (SSSR count). The largest absolute Gasteiger partial charge is 0.0596 e. The number of hydrogen-bond donors (Lipinski definition) is 0. The van der Waals surface area contributed by atoms with E-state index in [1.165, 1.54) is 77.0 Å². The first-order chi connectivity index (χ1) is 13.5. The van der Waals surface area contributed by atoms with Crippen LogP contribution in [0.2, 0.25) is 0 Å². The van der Waals surface area contributed by atoms with Crippen LogP contribution < -0.4 is 0 Å². The smallest absolute Gasteiger partial charge is 0.0266 e. The molecule has 0 nitrogen and oxygen atoms in total. The molecular formula is C28H50. The maximum absolute atomic E-state index is 2.66. The molecule has 0 saturated heterocycles. The Morgan fingerprint density at radius 1 is 0.500 bits per heavy atom. The molecule has 0 aromatic heterocycles. The highest BCUT2D eigenvalue weighted by Gasteiger charge is 2.47. The molecule has 0 heterocycles. The van der Waals surface area contributed by atoms with E-state index in [0.29, 0.717) is 10.8 Å². The van der Waals surface area contributed by atoms with Crippen LogP contribution in [0.1, 0.15) is 149 Å². The molecule has 0 spiro atoms. The van der Waals surface area contributed by atoms with Crippen LogP contribution in [-0.2, 0) is 0 Å². The quantitative estimate of drug-likeness (QED) is 0.426. The first-order valence-corrected chi connectivity index (χ1v) is 13.5. The van der Waals surface area contributed by atoms with Gasteiger partial charge < -0.3 is 0 Å². The SMILES string of the molecule is CC1(CCC2(CCC3(C)CCCCC3)CCCC3CCCCC32)CCCCC1. The van der Waals surface area contributed by atoms with E-state index >= 15 is 0 Å². The third kappa shape index (κ3) is 4.83. The highest BCUT2D eigenvalue weighted by Crippen LogP contribution is 2.58. The zero-order valence-corrected chi connectivity index (χ0v) is 19.5. The Bertz CT molecular complexity index is 446. The van der Waals surface area contributed by atoms with E-state index in [1.807, 2.05) is 0 Å². The van der Waals surface area contributed by atoms with Gasteiger partial charge in [-0.05, 0) is 92.3 Å². The summed E-state index contributed by atoms with van der Waals surface area (Å²) in [5.74, 6) is 2.19. The van der Waals surface area contributed by atoms with Crippen molar-refractivity contribution >= 4 is 0 Å². The molecule has 0 heteroatoms. The molecule has 0 aromatic carbocycles. The zero-order valence-electron chi connectivity index (χ0n) is 19.5. The Hall–Kier alpha value is 0. The maximum atomic E-state index is 2.66. The summed E-state index contributed by atoms with van der Waals surface area (Å²) >= 11 is 0. The van der Waals surface area contributed by atoms with E-state index in [0.717, 1.165) is 17.3 Å². The molecule has 0 aliphatic heterocycles. The van der Waals surface area contributed by atoms with Gasteiger partial charge in [-0.2, -0.15) is 0 Å². The van der Waals surface area contributed by atoms with Crippen molar-refractivity contribution in [3.63, 3.8) is 0 Å². The van der Waals surface area contributed by atoms with Gasteiger partial charge in [0.25, 0.3) is 0 Å². The van der Waals surface area contributed by atoms with Crippen LogP contribution >= 0.6 is 0 Å². The maximum Gasteiger partial charge on any atom is -0.0266 e. The molecular weight excluding hydrogens is 336 g/mol. The second-order valence-corrected chi connectivity index (χ2v) is 12.6. The summed E-state index contributed by atoms with van der Waals surface area (Å²) in [7, 11) is 0. The highest BCUT2D eigenvalue weighted by molar-refractivity contribution is 4.98. The van der Waals surface area contributed by atoms with Crippen molar-refractivity contribution in [3.05, 3.63) is 0 Å². The minimum atomic E-state index is 0.682. The van der Waals surface area contributed by atoms with Crippen molar-refractivity contribution in [1.29, 1.82) is 0 Å². The van der Waals surface area contributed by atoms with Crippen LogP contribution in [-0.4, -0.2) is 0 Å². The number of rotatable bonds is 6. The fourth-order valence-electron chi connectivity index (χ4n) is 8.42. The van der Waals surface area contributed by atoms with Gasteiger partial charge in [-0.1, -0.05) is 84.5 Å². The van der Waals surface area contributed by atoms with E-state index in [1.54, 1.807) is 57.8 Å².